The maximum atomic E-state index is 13.7. The van der Waals surface area contributed by atoms with Gasteiger partial charge in [-0.3, -0.25) is 4.79 Å². The Morgan fingerprint density at radius 3 is 2.38 bits per heavy atom. The third-order valence-electron chi connectivity index (χ3n) is 5.83. The highest BCUT2D eigenvalue weighted by molar-refractivity contribution is 5.88. The standard InChI is InChI=1S/C24H36N2O3/c1-22(2,3)16-26-15-19(18-11-8-7-9-12-18)24(20(26)27)13-10-14-25(17-24)21(28)29-23(4,5)6/h7-9,11-12,19H,10,13-17H2,1-6H3/t19-,24-/m1/s1. The first kappa shape index (κ1) is 21.7. The number of likely N-dealkylation sites (tertiary alicyclic amines) is 2. The lowest BCUT2D eigenvalue weighted by molar-refractivity contribution is -0.140. The van der Waals surface area contributed by atoms with E-state index in [9.17, 15) is 9.59 Å². The van der Waals surface area contributed by atoms with E-state index in [1.54, 1.807) is 4.90 Å². The average molecular weight is 401 g/mol. The minimum Gasteiger partial charge on any atom is -0.444 e. The molecule has 160 valence electrons. The zero-order valence-electron chi connectivity index (χ0n) is 18.8. The third kappa shape index (κ3) is 4.76. The van der Waals surface area contributed by atoms with Gasteiger partial charge < -0.3 is 14.5 Å². The van der Waals surface area contributed by atoms with Crippen LogP contribution >= 0.6 is 0 Å². The predicted octanol–water partition coefficient (Wildman–Crippen LogP) is 4.68. The van der Waals surface area contributed by atoms with E-state index in [-0.39, 0.29) is 23.3 Å². The van der Waals surface area contributed by atoms with Gasteiger partial charge in [-0.1, -0.05) is 51.1 Å². The number of piperidine rings is 1. The van der Waals surface area contributed by atoms with Gasteiger partial charge in [-0.25, -0.2) is 4.79 Å². The first-order valence-electron chi connectivity index (χ1n) is 10.7. The molecule has 0 aliphatic carbocycles. The topological polar surface area (TPSA) is 49.9 Å². The highest BCUT2D eigenvalue weighted by Crippen LogP contribution is 2.50. The van der Waals surface area contributed by atoms with E-state index in [0.717, 1.165) is 19.4 Å². The van der Waals surface area contributed by atoms with E-state index in [1.807, 2.05) is 43.9 Å². The van der Waals surface area contributed by atoms with Gasteiger partial charge in [0.25, 0.3) is 0 Å². The number of carbonyl (C=O) groups excluding carboxylic acids is 2. The van der Waals surface area contributed by atoms with Crippen molar-refractivity contribution in [2.45, 2.75) is 65.9 Å². The average Bonchev–Trinajstić information content (AvgIpc) is 2.85. The van der Waals surface area contributed by atoms with Crippen LogP contribution in [0.4, 0.5) is 4.79 Å². The normalized spacial score (nSPS) is 25.6. The van der Waals surface area contributed by atoms with Gasteiger partial charge >= 0.3 is 6.09 Å². The number of amides is 2. The van der Waals surface area contributed by atoms with Gasteiger partial charge in [-0.2, -0.15) is 0 Å². The maximum Gasteiger partial charge on any atom is 0.410 e. The zero-order chi connectivity index (χ0) is 21.4. The molecule has 1 aromatic rings. The molecule has 2 fully saturated rings. The molecule has 0 aromatic heterocycles. The third-order valence-corrected chi connectivity index (χ3v) is 5.83. The molecule has 0 unspecified atom stereocenters. The SMILES string of the molecule is CC(C)(C)CN1C[C@H](c2ccccc2)[C@]2(CCCN(C(=O)OC(C)(C)C)C2)C1=O. The largest absolute Gasteiger partial charge is 0.444 e. The Morgan fingerprint density at radius 1 is 1.14 bits per heavy atom. The molecule has 1 aromatic carbocycles. The molecule has 2 amide bonds. The summed E-state index contributed by atoms with van der Waals surface area (Å²) in [6.07, 6.45) is 1.31. The summed E-state index contributed by atoms with van der Waals surface area (Å²) in [5, 5.41) is 0. The zero-order valence-corrected chi connectivity index (χ0v) is 18.8. The van der Waals surface area contributed by atoms with Gasteiger partial charge in [0.2, 0.25) is 5.91 Å². The van der Waals surface area contributed by atoms with Crippen LogP contribution in [-0.2, 0) is 9.53 Å². The van der Waals surface area contributed by atoms with Crippen LogP contribution in [0.1, 0.15) is 65.9 Å². The van der Waals surface area contributed by atoms with Crippen molar-refractivity contribution in [2.24, 2.45) is 10.8 Å². The van der Waals surface area contributed by atoms with E-state index in [4.69, 9.17) is 4.74 Å². The molecule has 2 heterocycles. The van der Waals surface area contributed by atoms with Gasteiger partial charge in [0, 0.05) is 32.1 Å². The summed E-state index contributed by atoms with van der Waals surface area (Å²) in [4.78, 5) is 30.3. The first-order chi connectivity index (χ1) is 13.4. The lowest BCUT2D eigenvalue weighted by Crippen LogP contribution is -2.52. The minimum atomic E-state index is -0.568. The smallest absolute Gasteiger partial charge is 0.410 e. The maximum absolute atomic E-state index is 13.7. The predicted molar refractivity (Wildman–Crippen MR) is 115 cm³/mol. The Bertz CT molecular complexity index is 748. The molecule has 0 bridgehead atoms. The van der Waals surface area contributed by atoms with Gasteiger partial charge in [0.05, 0.1) is 5.41 Å². The number of hydrogen-bond acceptors (Lipinski definition) is 3. The van der Waals surface area contributed by atoms with Crippen molar-refractivity contribution in [3.05, 3.63) is 35.9 Å². The van der Waals surface area contributed by atoms with E-state index >= 15 is 0 Å². The molecule has 1 spiro atoms. The van der Waals surface area contributed by atoms with Gasteiger partial charge in [-0.05, 0) is 44.6 Å². The molecule has 2 aliphatic rings. The Morgan fingerprint density at radius 2 is 1.79 bits per heavy atom. The molecule has 2 aliphatic heterocycles. The second kappa shape index (κ2) is 7.66. The number of rotatable bonds is 2. The Kier molecular flexibility index (Phi) is 5.72. The molecular formula is C24H36N2O3. The van der Waals surface area contributed by atoms with Crippen LogP contribution in [0.5, 0.6) is 0 Å². The first-order valence-corrected chi connectivity index (χ1v) is 10.7. The monoisotopic (exact) mass is 400 g/mol. The van der Waals surface area contributed by atoms with Crippen molar-refractivity contribution < 1.29 is 14.3 Å². The summed E-state index contributed by atoms with van der Waals surface area (Å²) in [6, 6.07) is 10.3. The van der Waals surface area contributed by atoms with E-state index < -0.39 is 11.0 Å². The Balaban J connectivity index is 1.93. The second-order valence-electron chi connectivity index (χ2n) is 10.9. The van der Waals surface area contributed by atoms with Crippen molar-refractivity contribution in [1.29, 1.82) is 0 Å². The molecule has 2 atom stereocenters. The molecular weight excluding hydrogens is 364 g/mol. The number of ether oxygens (including phenoxy) is 1. The Hall–Kier alpha value is -2.04. The molecule has 29 heavy (non-hydrogen) atoms. The van der Waals surface area contributed by atoms with Crippen LogP contribution in [-0.4, -0.2) is 53.6 Å². The van der Waals surface area contributed by atoms with Gasteiger partial charge in [0.15, 0.2) is 0 Å². The van der Waals surface area contributed by atoms with Crippen molar-refractivity contribution in [1.82, 2.24) is 9.80 Å². The van der Waals surface area contributed by atoms with Crippen LogP contribution in [0, 0.1) is 10.8 Å². The van der Waals surface area contributed by atoms with Crippen molar-refractivity contribution in [3.63, 3.8) is 0 Å². The highest BCUT2D eigenvalue weighted by Gasteiger charge is 2.57. The highest BCUT2D eigenvalue weighted by atomic mass is 16.6. The fourth-order valence-corrected chi connectivity index (χ4v) is 4.79. The summed E-state index contributed by atoms with van der Waals surface area (Å²) in [6.45, 7) is 14.6. The molecule has 5 nitrogen and oxygen atoms in total. The summed E-state index contributed by atoms with van der Waals surface area (Å²) in [7, 11) is 0. The molecule has 3 rings (SSSR count). The Labute approximate surface area is 175 Å². The fourth-order valence-electron chi connectivity index (χ4n) is 4.79. The van der Waals surface area contributed by atoms with Crippen molar-refractivity contribution in [3.8, 4) is 0 Å². The van der Waals surface area contributed by atoms with Gasteiger partial charge in [0.1, 0.15) is 5.60 Å². The number of nitrogens with zero attached hydrogens (tertiary/aromatic N) is 2. The lowest BCUT2D eigenvalue weighted by atomic mass is 9.69. The molecule has 0 N–H and O–H groups in total. The van der Waals surface area contributed by atoms with E-state index in [1.165, 1.54) is 5.56 Å². The van der Waals surface area contributed by atoms with Crippen LogP contribution in [0.25, 0.3) is 0 Å². The van der Waals surface area contributed by atoms with Crippen LogP contribution in [0.15, 0.2) is 30.3 Å². The number of benzene rings is 1. The molecule has 2 saturated heterocycles. The lowest BCUT2D eigenvalue weighted by Gasteiger charge is -2.42. The quantitative estimate of drug-likeness (QED) is 0.724. The number of hydrogen-bond donors (Lipinski definition) is 0. The minimum absolute atomic E-state index is 0.0297. The molecule has 0 radical (unpaired) electrons. The summed E-state index contributed by atoms with van der Waals surface area (Å²) in [5.74, 6) is 0.276. The fraction of sp³-hybridized carbons (Fsp3) is 0.667. The van der Waals surface area contributed by atoms with Crippen LogP contribution < -0.4 is 0 Å². The summed E-state index contributed by atoms with van der Waals surface area (Å²) >= 11 is 0. The second-order valence-corrected chi connectivity index (χ2v) is 10.9. The van der Waals surface area contributed by atoms with Gasteiger partial charge in [-0.15, -0.1) is 0 Å². The summed E-state index contributed by atoms with van der Waals surface area (Å²) < 4.78 is 5.63. The van der Waals surface area contributed by atoms with Crippen LogP contribution in [0.3, 0.4) is 0 Å². The van der Waals surface area contributed by atoms with E-state index in [0.29, 0.717) is 19.6 Å². The molecule has 5 heteroatoms. The van der Waals surface area contributed by atoms with Crippen molar-refractivity contribution in [2.75, 3.05) is 26.2 Å². The molecule has 0 saturated carbocycles. The van der Waals surface area contributed by atoms with E-state index in [2.05, 4.69) is 32.9 Å². The number of carbonyl (C=O) groups is 2. The van der Waals surface area contributed by atoms with Crippen molar-refractivity contribution >= 4 is 12.0 Å². The summed E-state index contributed by atoms with van der Waals surface area (Å²) in [5.41, 5.74) is 0.102. The van der Waals surface area contributed by atoms with Crippen LogP contribution in [0.2, 0.25) is 0 Å².